The lowest BCUT2D eigenvalue weighted by molar-refractivity contribution is 0.351. The van der Waals surface area contributed by atoms with E-state index in [9.17, 15) is 0 Å². The van der Waals surface area contributed by atoms with Crippen LogP contribution >= 0.6 is 0 Å². The minimum absolute atomic E-state index is 0.451. The number of aromatic nitrogens is 3. The van der Waals surface area contributed by atoms with Gasteiger partial charge in [0.15, 0.2) is 0 Å². The second-order valence-electron chi connectivity index (χ2n) is 5.22. The quantitative estimate of drug-likeness (QED) is 0.844. The lowest BCUT2D eigenvalue weighted by Crippen LogP contribution is -2.21. The van der Waals surface area contributed by atoms with Crippen molar-refractivity contribution < 1.29 is 4.74 Å². The Hall–Kier alpha value is -2.14. The number of nitrogens with zero attached hydrogens (tertiary/aromatic N) is 4. The Bertz CT molecular complexity index is 594. The van der Waals surface area contributed by atoms with Crippen molar-refractivity contribution in [1.29, 1.82) is 0 Å². The summed E-state index contributed by atoms with van der Waals surface area (Å²) in [5.74, 6) is 0.913. The van der Waals surface area contributed by atoms with Gasteiger partial charge in [0.05, 0.1) is 13.2 Å². The van der Waals surface area contributed by atoms with Crippen LogP contribution in [0, 0.1) is 0 Å². The predicted molar refractivity (Wildman–Crippen MR) is 82.1 cm³/mol. The van der Waals surface area contributed by atoms with Crippen LogP contribution in [0.1, 0.15) is 18.0 Å². The molecule has 0 saturated carbocycles. The Morgan fingerprint density at radius 1 is 1.38 bits per heavy atom. The average molecular weight is 284 g/mol. The number of hydrogen-bond donors (Lipinski definition) is 0. The van der Waals surface area contributed by atoms with E-state index in [-0.39, 0.29) is 0 Å². The summed E-state index contributed by atoms with van der Waals surface area (Å²) in [5.41, 5.74) is 1.12. The molecule has 0 spiro atoms. The molecule has 21 heavy (non-hydrogen) atoms. The molecular formula is C16H20N4O. The van der Waals surface area contributed by atoms with Crippen molar-refractivity contribution >= 4 is 6.08 Å². The molecule has 1 saturated heterocycles. The van der Waals surface area contributed by atoms with E-state index in [2.05, 4.69) is 33.2 Å². The molecule has 1 aliphatic rings. The molecule has 0 amide bonds. The minimum atomic E-state index is 0.451. The van der Waals surface area contributed by atoms with Crippen LogP contribution in [0.4, 0.5) is 0 Å². The monoisotopic (exact) mass is 284 g/mol. The van der Waals surface area contributed by atoms with E-state index < -0.39 is 0 Å². The number of methoxy groups -OCH3 is 1. The Balaban J connectivity index is 1.55. The third-order valence-corrected chi connectivity index (χ3v) is 3.86. The third kappa shape index (κ3) is 3.31. The third-order valence-electron chi connectivity index (χ3n) is 3.86. The van der Waals surface area contributed by atoms with Gasteiger partial charge < -0.3 is 4.74 Å². The van der Waals surface area contributed by atoms with Crippen molar-refractivity contribution in [1.82, 2.24) is 19.7 Å². The first-order chi connectivity index (χ1) is 10.4. The molecule has 3 rings (SSSR count). The lowest BCUT2D eigenvalue weighted by atomic mass is 10.2. The van der Waals surface area contributed by atoms with Crippen LogP contribution in [-0.2, 0) is 0 Å². The van der Waals surface area contributed by atoms with Gasteiger partial charge >= 0.3 is 0 Å². The molecule has 1 fully saturated rings. The summed E-state index contributed by atoms with van der Waals surface area (Å²) in [6.45, 7) is 3.07. The summed E-state index contributed by atoms with van der Waals surface area (Å²) in [6, 6.07) is 8.51. The Labute approximate surface area is 124 Å². The number of ether oxygens (including phenoxy) is 1. The highest BCUT2D eigenvalue weighted by Crippen LogP contribution is 2.21. The van der Waals surface area contributed by atoms with Crippen LogP contribution in [-0.4, -0.2) is 46.4 Å². The number of rotatable bonds is 5. The molecular weight excluding hydrogens is 264 g/mol. The molecule has 0 aliphatic carbocycles. The summed E-state index contributed by atoms with van der Waals surface area (Å²) in [7, 11) is 1.70. The highest BCUT2D eigenvalue weighted by molar-refractivity contribution is 5.57. The molecule has 1 atom stereocenters. The Kier molecular flexibility index (Phi) is 4.31. The highest BCUT2D eigenvalue weighted by Gasteiger charge is 2.23. The summed E-state index contributed by atoms with van der Waals surface area (Å²) in [5, 5.41) is 4.23. The van der Waals surface area contributed by atoms with Gasteiger partial charge in [0, 0.05) is 25.2 Å². The standard InChI is InChI=1S/C16H20N4O/c1-21-16-7-3-2-5-14(16)6-4-9-19-10-8-15(11-19)20-13-17-12-18-20/h2-7,12-13,15H,8-11H2,1H3/b6-4+. The van der Waals surface area contributed by atoms with Crippen molar-refractivity contribution in [3.05, 3.63) is 48.6 Å². The molecule has 2 heterocycles. The normalized spacial score (nSPS) is 19.4. The van der Waals surface area contributed by atoms with E-state index >= 15 is 0 Å². The van der Waals surface area contributed by atoms with Gasteiger partial charge in [0.2, 0.25) is 0 Å². The maximum absolute atomic E-state index is 5.35. The average Bonchev–Trinajstić information content (AvgIpc) is 3.18. The second kappa shape index (κ2) is 6.54. The van der Waals surface area contributed by atoms with Crippen molar-refractivity contribution in [3.8, 4) is 5.75 Å². The Morgan fingerprint density at radius 2 is 2.29 bits per heavy atom. The van der Waals surface area contributed by atoms with E-state index in [0.717, 1.165) is 37.4 Å². The predicted octanol–water partition coefficient (Wildman–Crippen LogP) is 2.25. The van der Waals surface area contributed by atoms with E-state index in [0.29, 0.717) is 6.04 Å². The van der Waals surface area contributed by atoms with Crippen LogP contribution < -0.4 is 4.74 Å². The molecule has 0 N–H and O–H groups in total. The summed E-state index contributed by atoms with van der Waals surface area (Å²) in [4.78, 5) is 6.45. The molecule has 1 unspecified atom stereocenters. The van der Waals surface area contributed by atoms with Crippen LogP contribution in [0.25, 0.3) is 6.08 Å². The zero-order valence-corrected chi connectivity index (χ0v) is 12.2. The smallest absolute Gasteiger partial charge is 0.137 e. The summed E-state index contributed by atoms with van der Waals surface area (Å²) >= 11 is 0. The van der Waals surface area contributed by atoms with Gasteiger partial charge in [0.25, 0.3) is 0 Å². The van der Waals surface area contributed by atoms with Gasteiger partial charge in [-0.3, -0.25) is 4.90 Å². The number of para-hydroxylation sites is 1. The van der Waals surface area contributed by atoms with Crippen molar-refractivity contribution in [2.75, 3.05) is 26.7 Å². The van der Waals surface area contributed by atoms with Crippen molar-refractivity contribution in [2.45, 2.75) is 12.5 Å². The molecule has 0 bridgehead atoms. The topological polar surface area (TPSA) is 43.2 Å². The fourth-order valence-corrected chi connectivity index (χ4v) is 2.73. The van der Waals surface area contributed by atoms with Crippen LogP contribution in [0.3, 0.4) is 0 Å². The van der Waals surface area contributed by atoms with E-state index in [1.54, 1.807) is 19.8 Å². The maximum Gasteiger partial charge on any atom is 0.137 e. The fraction of sp³-hybridized carbons (Fsp3) is 0.375. The van der Waals surface area contributed by atoms with Gasteiger partial charge in [-0.1, -0.05) is 30.4 Å². The molecule has 1 aliphatic heterocycles. The van der Waals surface area contributed by atoms with Crippen LogP contribution in [0.2, 0.25) is 0 Å². The minimum Gasteiger partial charge on any atom is -0.496 e. The molecule has 5 heteroatoms. The zero-order chi connectivity index (χ0) is 14.5. The number of hydrogen-bond acceptors (Lipinski definition) is 4. The van der Waals surface area contributed by atoms with E-state index in [1.165, 1.54) is 0 Å². The van der Waals surface area contributed by atoms with Crippen molar-refractivity contribution in [3.63, 3.8) is 0 Å². The highest BCUT2D eigenvalue weighted by atomic mass is 16.5. The van der Waals surface area contributed by atoms with E-state index in [4.69, 9.17) is 4.74 Å². The number of likely N-dealkylation sites (tertiary alicyclic amines) is 1. The van der Waals surface area contributed by atoms with Gasteiger partial charge in [0.1, 0.15) is 18.4 Å². The number of benzene rings is 1. The first-order valence-electron chi connectivity index (χ1n) is 7.23. The van der Waals surface area contributed by atoms with E-state index in [1.807, 2.05) is 22.9 Å². The fourth-order valence-electron chi connectivity index (χ4n) is 2.73. The molecule has 1 aromatic carbocycles. The Morgan fingerprint density at radius 3 is 3.10 bits per heavy atom. The van der Waals surface area contributed by atoms with Gasteiger partial charge in [-0.2, -0.15) is 5.10 Å². The van der Waals surface area contributed by atoms with Gasteiger partial charge in [-0.15, -0.1) is 0 Å². The lowest BCUT2D eigenvalue weighted by Gasteiger charge is -2.13. The zero-order valence-electron chi connectivity index (χ0n) is 12.2. The SMILES string of the molecule is COc1ccccc1/C=C/CN1CCC(n2cncn2)C1. The summed E-state index contributed by atoms with van der Waals surface area (Å²) < 4.78 is 7.31. The largest absolute Gasteiger partial charge is 0.496 e. The van der Waals surface area contributed by atoms with Crippen LogP contribution in [0.15, 0.2) is 43.0 Å². The molecule has 1 aromatic heterocycles. The molecule has 5 nitrogen and oxygen atoms in total. The molecule has 110 valence electrons. The molecule has 2 aromatic rings. The van der Waals surface area contributed by atoms with Gasteiger partial charge in [-0.25, -0.2) is 9.67 Å². The first kappa shape index (κ1) is 13.8. The maximum atomic E-state index is 5.35. The van der Waals surface area contributed by atoms with Crippen LogP contribution in [0.5, 0.6) is 5.75 Å². The first-order valence-corrected chi connectivity index (χ1v) is 7.23. The second-order valence-corrected chi connectivity index (χ2v) is 5.22. The molecule has 0 radical (unpaired) electrons. The van der Waals surface area contributed by atoms with Crippen molar-refractivity contribution in [2.24, 2.45) is 0 Å². The summed E-state index contributed by atoms with van der Waals surface area (Å²) in [6.07, 6.45) is 8.86. The van der Waals surface area contributed by atoms with Gasteiger partial charge in [-0.05, 0) is 12.5 Å².